The number of hydrogen-bond acceptors (Lipinski definition) is 7. The number of rotatable bonds is 7. The number of aryl methyl sites for hydroxylation is 1. The molecular weight excluding hydrogens is 379 g/mol. The van der Waals surface area contributed by atoms with Crippen molar-refractivity contribution in [1.82, 2.24) is 10.2 Å². The molecule has 1 aromatic rings. The van der Waals surface area contributed by atoms with Crippen LogP contribution in [0.15, 0.2) is 12.1 Å². The van der Waals surface area contributed by atoms with Crippen LogP contribution in [0.5, 0.6) is 11.5 Å². The second kappa shape index (κ2) is 8.74. The largest absolute Gasteiger partial charge is 0.507 e. The van der Waals surface area contributed by atoms with Gasteiger partial charge in [-0.3, -0.25) is 10.1 Å². The van der Waals surface area contributed by atoms with E-state index in [9.17, 15) is 19.8 Å². The maximum atomic E-state index is 12.5. The van der Waals surface area contributed by atoms with Crippen molar-refractivity contribution in [2.75, 3.05) is 13.1 Å². The molecule has 0 bridgehead atoms. The number of phenols is 1. The van der Waals surface area contributed by atoms with Crippen molar-refractivity contribution < 1.29 is 34.6 Å². The van der Waals surface area contributed by atoms with Crippen molar-refractivity contribution in [2.45, 2.75) is 43.8 Å². The van der Waals surface area contributed by atoms with Gasteiger partial charge in [-0.25, -0.2) is 4.79 Å². The van der Waals surface area contributed by atoms with Crippen LogP contribution < -0.4 is 10.1 Å². The molecule has 5 N–H and O–H groups in total. The number of aromatic hydroxyl groups is 1. The fourth-order valence-electron chi connectivity index (χ4n) is 3.57. The molecule has 29 heavy (non-hydrogen) atoms. The lowest BCUT2D eigenvalue weighted by molar-refractivity contribution is -0.142. The van der Waals surface area contributed by atoms with Crippen molar-refractivity contribution in [3.8, 4) is 23.8 Å². The Morgan fingerprint density at radius 1 is 1.31 bits per heavy atom. The number of aromatic carboxylic acids is 1. The van der Waals surface area contributed by atoms with E-state index < -0.39 is 18.8 Å². The van der Waals surface area contributed by atoms with Gasteiger partial charge < -0.3 is 29.9 Å². The van der Waals surface area contributed by atoms with E-state index in [1.165, 1.54) is 12.1 Å². The molecule has 0 unspecified atom stereocenters. The zero-order valence-corrected chi connectivity index (χ0v) is 15.7. The first-order valence-electron chi connectivity index (χ1n) is 9.42. The number of nitrogens with one attached hydrogen (secondary N) is 1. The van der Waals surface area contributed by atoms with Gasteiger partial charge in [-0.15, -0.1) is 6.42 Å². The van der Waals surface area contributed by atoms with Crippen molar-refractivity contribution >= 4 is 19.0 Å². The smallest absolute Gasteiger partial charge is 0.451 e. The van der Waals surface area contributed by atoms with Crippen LogP contribution in [0.4, 0.5) is 0 Å². The van der Waals surface area contributed by atoms with Gasteiger partial charge >= 0.3 is 13.1 Å². The van der Waals surface area contributed by atoms with Crippen LogP contribution in [-0.4, -0.2) is 75.4 Å². The Balaban J connectivity index is 1.61. The summed E-state index contributed by atoms with van der Waals surface area (Å²) in [6.07, 6.45) is 6.48. The molecule has 2 aliphatic rings. The van der Waals surface area contributed by atoms with Gasteiger partial charge in [0.15, 0.2) is 0 Å². The third-order valence-corrected chi connectivity index (χ3v) is 5.21. The SMILES string of the molecule is C#C[C@H]1CC[C@@H](C(=O)N2CC(Oc3ccc(CCB(O)O)c(O)c3C(=O)O)C2)N1. The molecule has 2 fully saturated rings. The second-order valence-electron chi connectivity index (χ2n) is 7.27. The predicted octanol–water partition coefficient (Wildman–Crippen LogP) is -0.551. The summed E-state index contributed by atoms with van der Waals surface area (Å²) >= 11 is 0. The van der Waals surface area contributed by atoms with Gasteiger partial charge in [-0.1, -0.05) is 12.0 Å². The molecule has 2 aliphatic heterocycles. The van der Waals surface area contributed by atoms with E-state index in [1.54, 1.807) is 4.90 Å². The maximum Gasteiger partial charge on any atom is 0.451 e. The third kappa shape index (κ3) is 4.64. The van der Waals surface area contributed by atoms with Gasteiger partial charge in [0.2, 0.25) is 5.91 Å². The number of carbonyl (C=O) groups excluding carboxylic acids is 1. The number of carbonyl (C=O) groups is 2. The topological polar surface area (TPSA) is 140 Å². The highest BCUT2D eigenvalue weighted by molar-refractivity contribution is 6.41. The Morgan fingerprint density at radius 3 is 2.62 bits per heavy atom. The maximum absolute atomic E-state index is 12.5. The van der Waals surface area contributed by atoms with Crippen molar-refractivity contribution in [3.63, 3.8) is 0 Å². The summed E-state index contributed by atoms with van der Waals surface area (Å²) in [7, 11) is -1.55. The van der Waals surface area contributed by atoms with Crippen LogP contribution in [0, 0.1) is 12.3 Å². The average molecular weight is 402 g/mol. The van der Waals surface area contributed by atoms with E-state index in [2.05, 4.69) is 11.2 Å². The number of benzene rings is 1. The molecule has 2 atom stereocenters. The fraction of sp³-hybridized carbons (Fsp3) is 0.474. The molecule has 154 valence electrons. The summed E-state index contributed by atoms with van der Waals surface area (Å²) in [4.78, 5) is 25.7. The summed E-state index contributed by atoms with van der Waals surface area (Å²) in [6.45, 7) is 0.631. The first-order chi connectivity index (χ1) is 13.8. The van der Waals surface area contributed by atoms with Gasteiger partial charge in [0, 0.05) is 0 Å². The fourth-order valence-corrected chi connectivity index (χ4v) is 3.57. The molecule has 0 radical (unpaired) electrons. The number of nitrogens with zero attached hydrogens (tertiary/aromatic N) is 1. The molecule has 1 amide bonds. The van der Waals surface area contributed by atoms with E-state index in [-0.39, 0.29) is 53.7 Å². The van der Waals surface area contributed by atoms with Gasteiger partial charge in [0.05, 0.1) is 25.2 Å². The third-order valence-electron chi connectivity index (χ3n) is 5.21. The minimum atomic E-state index is -1.55. The molecule has 0 saturated carbocycles. The van der Waals surface area contributed by atoms with Gasteiger partial charge in [-0.05, 0) is 37.2 Å². The molecule has 0 aromatic heterocycles. The zero-order chi connectivity index (χ0) is 21.1. The first-order valence-corrected chi connectivity index (χ1v) is 9.42. The van der Waals surface area contributed by atoms with Gasteiger partial charge in [0.1, 0.15) is 23.2 Å². The molecule has 3 rings (SSSR count). The highest BCUT2D eigenvalue weighted by Gasteiger charge is 2.39. The van der Waals surface area contributed by atoms with Crippen molar-refractivity contribution in [1.29, 1.82) is 0 Å². The Bertz CT molecular complexity index is 833. The van der Waals surface area contributed by atoms with Gasteiger partial charge in [-0.2, -0.15) is 0 Å². The van der Waals surface area contributed by atoms with Crippen LogP contribution in [0.3, 0.4) is 0 Å². The lowest BCUT2D eigenvalue weighted by Gasteiger charge is -2.40. The van der Waals surface area contributed by atoms with Crippen LogP contribution >= 0.6 is 0 Å². The Labute approximate surface area is 168 Å². The lowest BCUT2D eigenvalue weighted by Crippen LogP contribution is -2.60. The van der Waals surface area contributed by atoms with Crippen LogP contribution in [0.25, 0.3) is 0 Å². The Hall–Kier alpha value is -2.74. The standard InChI is InChI=1S/C19H23BN2O7/c1-2-12-4-5-14(21-12)18(24)22-9-13(10-22)29-15-6-3-11(7-8-20(27)28)17(23)16(15)19(25)26/h1,3,6,12-14,21,23,27-28H,4-5,7-10H2,(H,25,26)/t12-,14-/m0/s1. The minimum absolute atomic E-state index is 0.00628. The summed E-state index contributed by atoms with van der Waals surface area (Å²) in [5.74, 6) is 0.731. The molecule has 9 nitrogen and oxygen atoms in total. The van der Waals surface area contributed by atoms with Crippen LogP contribution in [0.1, 0.15) is 28.8 Å². The summed E-state index contributed by atoms with van der Waals surface area (Å²) < 4.78 is 5.70. The first kappa shape index (κ1) is 21.0. The Kier molecular flexibility index (Phi) is 6.32. The summed E-state index contributed by atoms with van der Waals surface area (Å²) in [6, 6.07) is 2.52. The van der Waals surface area contributed by atoms with E-state index >= 15 is 0 Å². The van der Waals surface area contributed by atoms with Crippen molar-refractivity contribution in [2.24, 2.45) is 0 Å². The van der Waals surface area contributed by atoms with E-state index in [0.717, 1.165) is 6.42 Å². The van der Waals surface area contributed by atoms with E-state index in [1.807, 2.05) is 0 Å². The van der Waals surface area contributed by atoms with Crippen molar-refractivity contribution in [3.05, 3.63) is 23.3 Å². The summed E-state index contributed by atoms with van der Waals surface area (Å²) in [5, 5.41) is 40.7. The second-order valence-corrected chi connectivity index (χ2v) is 7.27. The van der Waals surface area contributed by atoms with Gasteiger partial charge in [0.25, 0.3) is 0 Å². The van der Waals surface area contributed by atoms with Crippen LogP contribution in [0.2, 0.25) is 6.32 Å². The molecular formula is C19H23BN2O7. The monoisotopic (exact) mass is 402 g/mol. The number of carboxylic acid groups (broad SMARTS) is 1. The zero-order valence-electron chi connectivity index (χ0n) is 15.7. The predicted molar refractivity (Wildman–Crippen MR) is 104 cm³/mol. The number of terminal acetylenes is 1. The number of carboxylic acids is 1. The number of amides is 1. The molecule has 0 aliphatic carbocycles. The molecule has 10 heteroatoms. The normalized spacial score (nSPS) is 21.3. The lowest BCUT2D eigenvalue weighted by atomic mass is 9.82. The number of hydrogen-bond donors (Lipinski definition) is 5. The Morgan fingerprint density at radius 2 is 2.03 bits per heavy atom. The highest BCUT2D eigenvalue weighted by atomic mass is 16.5. The summed E-state index contributed by atoms with van der Waals surface area (Å²) in [5.41, 5.74) is -0.0994. The van der Waals surface area contributed by atoms with E-state index in [0.29, 0.717) is 19.5 Å². The molecule has 2 saturated heterocycles. The van der Waals surface area contributed by atoms with Crippen LogP contribution in [-0.2, 0) is 11.2 Å². The molecule has 0 spiro atoms. The van der Waals surface area contributed by atoms with E-state index in [4.69, 9.17) is 21.2 Å². The average Bonchev–Trinajstić information content (AvgIpc) is 3.11. The minimum Gasteiger partial charge on any atom is -0.507 e. The molecule has 2 heterocycles. The molecule has 1 aromatic carbocycles. The quantitative estimate of drug-likeness (QED) is 0.302. The highest BCUT2D eigenvalue weighted by Crippen LogP contribution is 2.34. The number of ether oxygens (including phenoxy) is 1. The number of likely N-dealkylation sites (tertiary alicyclic amines) is 1.